The van der Waals surface area contributed by atoms with Crippen molar-refractivity contribution in [3.63, 3.8) is 0 Å². The summed E-state index contributed by atoms with van der Waals surface area (Å²) in [7, 11) is 1.45. The summed E-state index contributed by atoms with van der Waals surface area (Å²) < 4.78 is 16.7. The van der Waals surface area contributed by atoms with Gasteiger partial charge in [-0.25, -0.2) is 0 Å². The predicted octanol–water partition coefficient (Wildman–Crippen LogP) is 3.15. The zero-order valence-electron chi connectivity index (χ0n) is 12.7. The number of hydrogen-bond donors (Lipinski definition) is 0. The van der Waals surface area contributed by atoms with E-state index < -0.39 is 5.79 Å². The molecule has 1 aliphatic carbocycles. The van der Waals surface area contributed by atoms with Gasteiger partial charge < -0.3 is 14.2 Å². The largest absolute Gasteiger partial charge is 0.469 e. The maximum atomic E-state index is 11.5. The highest BCUT2D eigenvalue weighted by atomic mass is 16.7. The van der Waals surface area contributed by atoms with Crippen molar-refractivity contribution in [2.45, 2.75) is 58.7 Å². The summed E-state index contributed by atoms with van der Waals surface area (Å²) in [5.74, 6) is -0.0185. The Labute approximate surface area is 116 Å². The van der Waals surface area contributed by atoms with Crippen LogP contribution >= 0.6 is 0 Å². The van der Waals surface area contributed by atoms with Crippen LogP contribution in [0.2, 0.25) is 0 Å². The lowest BCUT2D eigenvalue weighted by atomic mass is 9.86. The van der Waals surface area contributed by atoms with Gasteiger partial charge in [0.15, 0.2) is 5.79 Å². The van der Waals surface area contributed by atoms with Crippen LogP contribution in [-0.4, -0.2) is 32.1 Å². The predicted molar refractivity (Wildman–Crippen MR) is 73.7 cm³/mol. The van der Waals surface area contributed by atoms with Gasteiger partial charge in [0.1, 0.15) is 0 Å². The molecule has 0 aromatic heterocycles. The van der Waals surface area contributed by atoms with E-state index in [0.29, 0.717) is 25.6 Å². The molecule has 0 aliphatic heterocycles. The summed E-state index contributed by atoms with van der Waals surface area (Å²) in [5, 5.41) is 0. The van der Waals surface area contributed by atoms with Crippen LogP contribution in [0.25, 0.3) is 0 Å². The van der Waals surface area contributed by atoms with E-state index in [0.717, 1.165) is 25.7 Å². The van der Waals surface area contributed by atoms with Crippen LogP contribution < -0.4 is 0 Å². The first-order valence-electron chi connectivity index (χ1n) is 7.48. The Kier molecular flexibility index (Phi) is 6.80. The number of carbonyl (C=O) groups is 1. The Morgan fingerprint density at radius 1 is 1.21 bits per heavy atom. The second kappa shape index (κ2) is 7.85. The van der Waals surface area contributed by atoms with E-state index in [-0.39, 0.29) is 11.9 Å². The third kappa shape index (κ3) is 3.93. The van der Waals surface area contributed by atoms with Gasteiger partial charge in [-0.05, 0) is 32.6 Å². The van der Waals surface area contributed by atoms with E-state index in [1.54, 1.807) is 0 Å². The van der Waals surface area contributed by atoms with E-state index in [1.807, 2.05) is 13.8 Å². The highest BCUT2D eigenvalue weighted by molar-refractivity contribution is 5.69. The molecule has 0 aromatic carbocycles. The van der Waals surface area contributed by atoms with Gasteiger partial charge in [0, 0.05) is 32.0 Å². The molecule has 0 N–H and O–H groups in total. The Balaban J connectivity index is 2.83. The van der Waals surface area contributed by atoms with Crippen molar-refractivity contribution in [3.05, 3.63) is 0 Å². The minimum absolute atomic E-state index is 0.130. The van der Waals surface area contributed by atoms with Crippen LogP contribution in [0, 0.1) is 11.8 Å². The fourth-order valence-corrected chi connectivity index (χ4v) is 3.33. The standard InChI is InChI=1S/C15H28O4/c1-5-8-13-12(11-14(16)17-4)9-10-15(13,18-6-2)19-7-3/h12-13H,5-11H2,1-4H3. The number of rotatable bonds is 8. The van der Waals surface area contributed by atoms with Gasteiger partial charge in [0.05, 0.1) is 7.11 Å². The smallest absolute Gasteiger partial charge is 0.305 e. The Bertz CT molecular complexity index is 271. The van der Waals surface area contributed by atoms with Crippen molar-refractivity contribution in [3.8, 4) is 0 Å². The Hall–Kier alpha value is -0.610. The number of ether oxygens (including phenoxy) is 3. The van der Waals surface area contributed by atoms with Crippen molar-refractivity contribution in [2.75, 3.05) is 20.3 Å². The zero-order valence-corrected chi connectivity index (χ0v) is 12.7. The molecule has 4 heteroatoms. The van der Waals surface area contributed by atoms with E-state index in [2.05, 4.69) is 6.92 Å². The molecule has 0 heterocycles. The molecule has 0 radical (unpaired) electrons. The van der Waals surface area contributed by atoms with Gasteiger partial charge in [0.2, 0.25) is 0 Å². The molecule has 19 heavy (non-hydrogen) atoms. The fourth-order valence-electron chi connectivity index (χ4n) is 3.33. The van der Waals surface area contributed by atoms with E-state index in [4.69, 9.17) is 14.2 Å². The lowest BCUT2D eigenvalue weighted by Crippen LogP contribution is -2.42. The maximum absolute atomic E-state index is 11.5. The summed E-state index contributed by atoms with van der Waals surface area (Å²) in [5.41, 5.74) is 0. The van der Waals surface area contributed by atoms with E-state index in [1.165, 1.54) is 7.11 Å². The van der Waals surface area contributed by atoms with Crippen LogP contribution in [0.1, 0.15) is 52.9 Å². The minimum Gasteiger partial charge on any atom is -0.469 e. The second-order valence-corrected chi connectivity index (χ2v) is 5.15. The van der Waals surface area contributed by atoms with Crippen molar-refractivity contribution in [2.24, 2.45) is 11.8 Å². The summed E-state index contributed by atoms with van der Waals surface area (Å²) >= 11 is 0. The number of methoxy groups -OCH3 is 1. The summed E-state index contributed by atoms with van der Waals surface area (Å²) in [6.07, 6.45) is 4.43. The first-order valence-corrected chi connectivity index (χ1v) is 7.48. The lowest BCUT2D eigenvalue weighted by Gasteiger charge is -2.36. The first kappa shape index (κ1) is 16.4. The molecule has 0 aromatic rings. The van der Waals surface area contributed by atoms with Crippen molar-refractivity contribution in [1.82, 2.24) is 0 Å². The van der Waals surface area contributed by atoms with Crippen molar-refractivity contribution >= 4 is 5.97 Å². The SMILES string of the molecule is CCCC1C(CC(=O)OC)CCC1(OCC)OCC. The molecule has 1 fully saturated rings. The molecule has 0 spiro atoms. The third-order valence-corrected chi connectivity index (χ3v) is 4.03. The maximum Gasteiger partial charge on any atom is 0.305 e. The molecular formula is C15H28O4. The van der Waals surface area contributed by atoms with Crippen LogP contribution in [0.15, 0.2) is 0 Å². The lowest BCUT2D eigenvalue weighted by molar-refractivity contribution is -0.257. The highest BCUT2D eigenvalue weighted by Crippen LogP contribution is 2.47. The molecule has 0 amide bonds. The molecule has 4 nitrogen and oxygen atoms in total. The number of esters is 1. The molecule has 2 unspecified atom stereocenters. The van der Waals surface area contributed by atoms with Gasteiger partial charge in [-0.1, -0.05) is 13.3 Å². The third-order valence-electron chi connectivity index (χ3n) is 4.03. The average Bonchev–Trinajstić information content (AvgIpc) is 2.70. The summed E-state index contributed by atoms with van der Waals surface area (Å²) in [4.78, 5) is 11.5. The van der Waals surface area contributed by atoms with Gasteiger partial charge in [-0.3, -0.25) is 4.79 Å². The number of carbonyl (C=O) groups excluding carboxylic acids is 1. The quantitative estimate of drug-likeness (QED) is 0.503. The average molecular weight is 272 g/mol. The highest BCUT2D eigenvalue weighted by Gasteiger charge is 2.50. The zero-order chi connectivity index (χ0) is 14.3. The van der Waals surface area contributed by atoms with Crippen molar-refractivity contribution < 1.29 is 19.0 Å². The normalized spacial score (nSPS) is 25.5. The summed E-state index contributed by atoms with van der Waals surface area (Å²) in [6, 6.07) is 0. The molecule has 1 aliphatic rings. The van der Waals surface area contributed by atoms with Gasteiger partial charge >= 0.3 is 5.97 Å². The van der Waals surface area contributed by atoms with Crippen LogP contribution in [-0.2, 0) is 19.0 Å². The molecule has 0 bridgehead atoms. The topological polar surface area (TPSA) is 44.8 Å². The van der Waals surface area contributed by atoms with Crippen LogP contribution in [0.4, 0.5) is 0 Å². The molecular weight excluding hydrogens is 244 g/mol. The molecule has 112 valence electrons. The monoisotopic (exact) mass is 272 g/mol. The fraction of sp³-hybridized carbons (Fsp3) is 0.933. The number of hydrogen-bond acceptors (Lipinski definition) is 4. The molecule has 0 saturated heterocycles. The summed E-state index contributed by atoms with van der Waals surface area (Å²) in [6.45, 7) is 7.45. The van der Waals surface area contributed by atoms with Crippen LogP contribution in [0.3, 0.4) is 0 Å². The Morgan fingerprint density at radius 2 is 1.84 bits per heavy atom. The van der Waals surface area contributed by atoms with Gasteiger partial charge in [0.25, 0.3) is 0 Å². The minimum atomic E-state index is -0.488. The van der Waals surface area contributed by atoms with E-state index >= 15 is 0 Å². The van der Waals surface area contributed by atoms with Crippen molar-refractivity contribution in [1.29, 1.82) is 0 Å². The Morgan fingerprint density at radius 3 is 2.32 bits per heavy atom. The van der Waals surface area contributed by atoms with Gasteiger partial charge in [-0.15, -0.1) is 0 Å². The van der Waals surface area contributed by atoms with Crippen LogP contribution in [0.5, 0.6) is 0 Å². The molecule has 1 saturated carbocycles. The molecule has 1 rings (SSSR count). The van der Waals surface area contributed by atoms with E-state index in [9.17, 15) is 4.79 Å². The first-order chi connectivity index (χ1) is 9.13. The van der Waals surface area contributed by atoms with Gasteiger partial charge in [-0.2, -0.15) is 0 Å². The second-order valence-electron chi connectivity index (χ2n) is 5.15. The molecule has 2 atom stereocenters.